The molecule has 156 valence electrons. The fraction of sp³-hybridized carbons (Fsp3) is 0.435. The normalized spacial score (nSPS) is 19.0. The van der Waals surface area contributed by atoms with Gasteiger partial charge in [0.05, 0.1) is 18.7 Å². The molecule has 3 rings (SSSR count). The maximum absolute atomic E-state index is 13.0. The minimum Gasteiger partial charge on any atom is -0.465 e. The molecule has 0 radical (unpaired) electrons. The summed E-state index contributed by atoms with van der Waals surface area (Å²) in [4.78, 5) is 14.0. The predicted molar refractivity (Wildman–Crippen MR) is 106 cm³/mol. The Morgan fingerprint density at radius 3 is 2.38 bits per heavy atom. The van der Waals surface area contributed by atoms with Gasteiger partial charge in [0.15, 0.2) is 0 Å². The number of benzene rings is 2. The monoisotopic (exact) mass is 405 g/mol. The van der Waals surface area contributed by atoms with E-state index >= 15 is 0 Å². The molecule has 1 saturated heterocycles. The van der Waals surface area contributed by atoms with Crippen LogP contribution in [0, 0.1) is 5.92 Å². The molecule has 2 unspecified atom stereocenters. The molecule has 0 bridgehead atoms. The molecule has 0 N–H and O–H groups in total. The number of piperidine rings is 1. The van der Waals surface area contributed by atoms with E-state index in [-0.39, 0.29) is 24.3 Å². The van der Waals surface area contributed by atoms with Gasteiger partial charge in [-0.15, -0.1) is 0 Å². The first-order valence-electron chi connectivity index (χ1n) is 9.98. The van der Waals surface area contributed by atoms with E-state index in [1.54, 1.807) is 19.1 Å². The molecule has 0 aliphatic carbocycles. The van der Waals surface area contributed by atoms with Gasteiger partial charge >= 0.3 is 12.1 Å². The van der Waals surface area contributed by atoms with Crippen molar-refractivity contribution >= 4 is 5.97 Å². The van der Waals surface area contributed by atoms with E-state index in [0.29, 0.717) is 13.2 Å². The molecule has 2 aromatic carbocycles. The highest BCUT2D eigenvalue weighted by atomic mass is 19.4. The summed E-state index contributed by atoms with van der Waals surface area (Å²) < 4.78 is 44.0. The fourth-order valence-corrected chi connectivity index (χ4v) is 4.17. The highest BCUT2D eigenvalue weighted by Gasteiger charge is 2.33. The van der Waals surface area contributed by atoms with E-state index in [4.69, 9.17) is 4.74 Å². The van der Waals surface area contributed by atoms with Crippen molar-refractivity contribution in [1.82, 2.24) is 4.90 Å². The summed E-state index contributed by atoms with van der Waals surface area (Å²) in [6.45, 7) is 3.92. The molecule has 0 amide bonds. The van der Waals surface area contributed by atoms with Crippen molar-refractivity contribution in [2.45, 2.75) is 31.9 Å². The standard InChI is InChI=1S/C23H26F3NO2/c1-2-29-21(28)16-27-14-6-9-19(15-27)22(17-7-4-3-5-8-17)18-10-12-20(13-11-18)23(24,25)26/h3-5,7-8,10-13,19,22H,2,6,9,14-16H2,1H3. The number of ether oxygens (including phenoxy) is 1. The Morgan fingerprint density at radius 1 is 1.10 bits per heavy atom. The zero-order valence-electron chi connectivity index (χ0n) is 16.5. The lowest BCUT2D eigenvalue weighted by Crippen LogP contribution is -2.41. The summed E-state index contributed by atoms with van der Waals surface area (Å²) in [5.74, 6) is -0.0558. The van der Waals surface area contributed by atoms with E-state index in [1.807, 2.05) is 30.3 Å². The third kappa shape index (κ3) is 5.60. The van der Waals surface area contributed by atoms with Crippen LogP contribution in [0.5, 0.6) is 0 Å². The van der Waals surface area contributed by atoms with E-state index in [1.165, 1.54) is 0 Å². The predicted octanol–water partition coefficient (Wildman–Crippen LogP) is 5.11. The number of nitrogens with zero attached hydrogens (tertiary/aromatic N) is 1. The number of rotatable bonds is 6. The third-order valence-electron chi connectivity index (χ3n) is 5.43. The Balaban J connectivity index is 1.85. The fourth-order valence-electron chi connectivity index (χ4n) is 4.17. The van der Waals surface area contributed by atoms with Crippen LogP contribution < -0.4 is 0 Å². The molecule has 2 atom stereocenters. The van der Waals surface area contributed by atoms with Crippen LogP contribution in [0.2, 0.25) is 0 Å². The number of alkyl halides is 3. The number of carbonyl (C=O) groups is 1. The number of hydrogen-bond donors (Lipinski definition) is 0. The Kier molecular flexibility index (Phi) is 6.96. The number of likely N-dealkylation sites (tertiary alicyclic amines) is 1. The maximum Gasteiger partial charge on any atom is 0.416 e. The molecule has 0 saturated carbocycles. The lowest BCUT2D eigenvalue weighted by Gasteiger charge is -2.37. The van der Waals surface area contributed by atoms with Crippen LogP contribution in [0.4, 0.5) is 13.2 Å². The first-order valence-corrected chi connectivity index (χ1v) is 9.98. The number of carbonyl (C=O) groups excluding carboxylic acids is 1. The lowest BCUT2D eigenvalue weighted by atomic mass is 9.77. The van der Waals surface area contributed by atoms with Gasteiger partial charge in [0.2, 0.25) is 0 Å². The van der Waals surface area contributed by atoms with Gasteiger partial charge in [0, 0.05) is 12.5 Å². The van der Waals surface area contributed by atoms with Crippen LogP contribution >= 0.6 is 0 Å². The van der Waals surface area contributed by atoms with Crippen LogP contribution in [-0.2, 0) is 15.7 Å². The van der Waals surface area contributed by atoms with Crippen molar-refractivity contribution < 1.29 is 22.7 Å². The van der Waals surface area contributed by atoms with Gasteiger partial charge in [0.25, 0.3) is 0 Å². The number of halogens is 3. The van der Waals surface area contributed by atoms with Crippen LogP contribution in [0.15, 0.2) is 54.6 Å². The van der Waals surface area contributed by atoms with Gasteiger partial charge in [-0.2, -0.15) is 13.2 Å². The first-order chi connectivity index (χ1) is 13.9. The van der Waals surface area contributed by atoms with Crippen molar-refractivity contribution in [2.75, 3.05) is 26.2 Å². The SMILES string of the molecule is CCOC(=O)CN1CCCC(C(c2ccccc2)c2ccc(C(F)(F)F)cc2)C1. The lowest BCUT2D eigenvalue weighted by molar-refractivity contribution is -0.145. The highest BCUT2D eigenvalue weighted by molar-refractivity contribution is 5.71. The Labute approximate surface area is 169 Å². The zero-order chi connectivity index (χ0) is 20.9. The largest absolute Gasteiger partial charge is 0.465 e. The van der Waals surface area contributed by atoms with Gasteiger partial charge in [-0.1, -0.05) is 42.5 Å². The Hall–Kier alpha value is -2.34. The number of hydrogen-bond acceptors (Lipinski definition) is 3. The number of esters is 1. The first kappa shape index (κ1) is 21.4. The quantitative estimate of drug-likeness (QED) is 0.626. The molecule has 29 heavy (non-hydrogen) atoms. The summed E-state index contributed by atoms with van der Waals surface area (Å²) in [5.41, 5.74) is 1.31. The molecule has 1 aliphatic rings. The van der Waals surface area contributed by atoms with Crippen molar-refractivity contribution in [3.8, 4) is 0 Å². The molecule has 6 heteroatoms. The van der Waals surface area contributed by atoms with Crippen LogP contribution in [-0.4, -0.2) is 37.1 Å². The summed E-state index contributed by atoms with van der Waals surface area (Å²) in [7, 11) is 0. The van der Waals surface area contributed by atoms with E-state index in [9.17, 15) is 18.0 Å². The highest BCUT2D eigenvalue weighted by Crippen LogP contribution is 2.38. The molecule has 1 fully saturated rings. The third-order valence-corrected chi connectivity index (χ3v) is 5.43. The summed E-state index contributed by atoms with van der Waals surface area (Å²) >= 11 is 0. The van der Waals surface area contributed by atoms with E-state index < -0.39 is 11.7 Å². The van der Waals surface area contributed by atoms with Crippen LogP contribution in [0.25, 0.3) is 0 Å². The van der Waals surface area contributed by atoms with Crippen LogP contribution in [0.1, 0.15) is 42.4 Å². The second-order valence-corrected chi connectivity index (χ2v) is 7.45. The molecule has 2 aromatic rings. The summed E-state index contributed by atoms with van der Waals surface area (Å²) in [6.07, 6.45) is -2.45. The Morgan fingerprint density at radius 2 is 1.76 bits per heavy atom. The molecule has 1 aliphatic heterocycles. The average molecular weight is 405 g/mol. The smallest absolute Gasteiger partial charge is 0.416 e. The molecule has 0 spiro atoms. The Bertz CT molecular complexity index is 790. The van der Waals surface area contributed by atoms with Gasteiger partial charge < -0.3 is 4.74 Å². The van der Waals surface area contributed by atoms with E-state index in [2.05, 4.69) is 4.90 Å². The summed E-state index contributed by atoms with van der Waals surface area (Å²) in [6, 6.07) is 15.4. The molecule has 1 heterocycles. The second kappa shape index (κ2) is 9.44. The summed E-state index contributed by atoms with van der Waals surface area (Å²) in [5, 5.41) is 0. The van der Waals surface area contributed by atoms with E-state index in [0.717, 1.165) is 42.6 Å². The van der Waals surface area contributed by atoms with Gasteiger partial charge in [-0.25, -0.2) is 0 Å². The van der Waals surface area contributed by atoms with Gasteiger partial charge in [0.1, 0.15) is 0 Å². The molecular weight excluding hydrogens is 379 g/mol. The minimum atomic E-state index is -4.35. The topological polar surface area (TPSA) is 29.5 Å². The molecule has 0 aromatic heterocycles. The average Bonchev–Trinajstić information content (AvgIpc) is 2.69. The van der Waals surface area contributed by atoms with Gasteiger partial charge in [-0.05, 0) is 55.5 Å². The minimum absolute atomic E-state index is 0.0246. The molecule has 3 nitrogen and oxygen atoms in total. The van der Waals surface area contributed by atoms with Gasteiger partial charge in [-0.3, -0.25) is 9.69 Å². The second-order valence-electron chi connectivity index (χ2n) is 7.45. The van der Waals surface area contributed by atoms with Crippen LogP contribution in [0.3, 0.4) is 0 Å². The maximum atomic E-state index is 13.0. The molecular formula is C23H26F3NO2. The zero-order valence-corrected chi connectivity index (χ0v) is 16.5. The van der Waals surface area contributed by atoms with Crippen molar-refractivity contribution in [3.05, 3.63) is 71.3 Å². The van der Waals surface area contributed by atoms with Crippen molar-refractivity contribution in [2.24, 2.45) is 5.92 Å². The van der Waals surface area contributed by atoms with Crippen molar-refractivity contribution in [3.63, 3.8) is 0 Å². The van der Waals surface area contributed by atoms with Crippen molar-refractivity contribution in [1.29, 1.82) is 0 Å².